The quantitative estimate of drug-likeness (QED) is 0.493. The Balaban J connectivity index is 1.90. The number of nitro groups is 1. The molecule has 0 aliphatic carbocycles. The van der Waals surface area contributed by atoms with Gasteiger partial charge in [0.05, 0.1) is 21.9 Å². The third kappa shape index (κ3) is 4.32. The van der Waals surface area contributed by atoms with E-state index in [9.17, 15) is 28.1 Å². The summed E-state index contributed by atoms with van der Waals surface area (Å²) in [5, 5.41) is 17.6. The second-order valence-electron chi connectivity index (χ2n) is 6.64. The Morgan fingerprint density at radius 2 is 1.87 bits per heavy atom. The van der Waals surface area contributed by atoms with Crippen LogP contribution in [0, 0.1) is 24.0 Å². The number of carbonyl (C=O) groups is 1. The van der Waals surface area contributed by atoms with Crippen molar-refractivity contribution in [1.82, 2.24) is 15.1 Å². The topological polar surface area (TPSA) is 90.1 Å². The highest BCUT2D eigenvalue weighted by molar-refractivity contribution is 5.98. The van der Waals surface area contributed by atoms with Gasteiger partial charge in [-0.3, -0.25) is 14.9 Å². The van der Waals surface area contributed by atoms with Crippen molar-refractivity contribution in [2.45, 2.75) is 26.6 Å². The number of benzene rings is 2. The van der Waals surface area contributed by atoms with Gasteiger partial charge in [-0.05, 0) is 43.7 Å². The molecule has 0 aliphatic heterocycles. The van der Waals surface area contributed by atoms with Gasteiger partial charge < -0.3 is 5.32 Å². The van der Waals surface area contributed by atoms with Crippen LogP contribution in [-0.2, 0) is 12.7 Å². The normalized spacial score (nSPS) is 11.4. The van der Waals surface area contributed by atoms with E-state index in [-0.39, 0.29) is 16.8 Å². The number of amides is 1. The van der Waals surface area contributed by atoms with Crippen molar-refractivity contribution < 1.29 is 22.9 Å². The zero-order chi connectivity index (χ0) is 22.1. The fourth-order valence-electron chi connectivity index (χ4n) is 3.10. The van der Waals surface area contributed by atoms with Gasteiger partial charge in [0.1, 0.15) is 5.56 Å². The number of hydrogen-bond donors (Lipinski definition) is 1. The molecule has 3 aromatic rings. The van der Waals surface area contributed by atoms with Gasteiger partial charge in [-0.25, -0.2) is 4.68 Å². The molecule has 0 saturated carbocycles. The molecule has 30 heavy (non-hydrogen) atoms. The van der Waals surface area contributed by atoms with Crippen LogP contribution in [0.25, 0.3) is 5.69 Å². The molecular formula is C20H17F3N4O3. The lowest BCUT2D eigenvalue weighted by atomic mass is 10.1. The van der Waals surface area contributed by atoms with Crippen molar-refractivity contribution in [2.24, 2.45) is 0 Å². The van der Waals surface area contributed by atoms with E-state index in [0.29, 0.717) is 11.4 Å². The summed E-state index contributed by atoms with van der Waals surface area (Å²) >= 11 is 0. The second kappa shape index (κ2) is 7.97. The summed E-state index contributed by atoms with van der Waals surface area (Å²) in [7, 11) is 0. The Bertz CT molecular complexity index is 1120. The summed E-state index contributed by atoms with van der Waals surface area (Å²) in [5.74, 6) is -0.835. The molecule has 0 saturated heterocycles. The number of carbonyl (C=O) groups excluding carboxylic acids is 1. The van der Waals surface area contributed by atoms with Crippen molar-refractivity contribution in [1.29, 1.82) is 0 Å². The summed E-state index contributed by atoms with van der Waals surface area (Å²) in [4.78, 5) is 22.7. The van der Waals surface area contributed by atoms with Crippen LogP contribution in [0.15, 0.2) is 48.5 Å². The lowest BCUT2D eigenvalue weighted by Gasteiger charge is -2.16. The van der Waals surface area contributed by atoms with E-state index >= 15 is 0 Å². The molecule has 0 atom stereocenters. The molecular weight excluding hydrogens is 401 g/mol. The average Bonchev–Trinajstić information content (AvgIpc) is 3.03. The Hall–Kier alpha value is -3.69. The number of nitrogens with one attached hydrogen (secondary N) is 1. The molecule has 0 bridgehead atoms. The molecule has 10 heteroatoms. The maximum absolute atomic E-state index is 13.6. The van der Waals surface area contributed by atoms with Crippen molar-refractivity contribution in [3.05, 3.63) is 86.7 Å². The van der Waals surface area contributed by atoms with Crippen LogP contribution in [0.1, 0.15) is 32.9 Å². The van der Waals surface area contributed by atoms with Gasteiger partial charge >= 0.3 is 6.18 Å². The van der Waals surface area contributed by atoms with Crippen molar-refractivity contribution in [3.8, 4) is 5.69 Å². The molecule has 3 rings (SSSR count). The molecule has 1 N–H and O–H groups in total. The van der Waals surface area contributed by atoms with Gasteiger partial charge in [-0.15, -0.1) is 0 Å². The first kappa shape index (κ1) is 21.0. The monoisotopic (exact) mass is 418 g/mol. The summed E-state index contributed by atoms with van der Waals surface area (Å²) in [5.41, 5.74) is -0.155. The smallest absolute Gasteiger partial charge is 0.348 e. The minimum Gasteiger partial charge on any atom is -0.348 e. The highest BCUT2D eigenvalue weighted by Crippen LogP contribution is 2.34. The third-order valence-electron chi connectivity index (χ3n) is 4.44. The molecule has 0 aliphatic rings. The van der Waals surface area contributed by atoms with Crippen LogP contribution in [0.5, 0.6) is 0 Å². The average molecular weight is 418 g/mol. The van der Waals surface area contributed by atoms with E-state index in [2.05, 4.69) is 10.4 Å². The minimum absolute atomic E-state index is 0.167. The van der Waals surface area contributed by atoms with E-state index < -0.39 is 34.8 Å². The fourth-order valence-corrected chi connectivity index (χ4v) is 3.10. The largest absolute Gasteiger partial charge is 0.416 e. The SMILES string of the molecule is Cc1cc(C)n(-c2ccc(CNC(=O)c3ccccc3[N+](=O)[O-])c(C(F)(F)F)c2)n1. The van der Waals surface area contributed by atoms with Crippen LogP contribution in [0.4, 0.5) is 18.9 Å². The predicted molar refractivity (Wildman–Crippen MR) is 102 cm³/mol. The van der Waals surface area contributed by atoms with Gasteiger partial charge in [0.2, 0.25) is 0 Å². The van der Waals surface area contributed by atoms with E-state index in [4.69, 9.17) is 0 Å². The van der Waals surface area contributed by atoms with Gasteiger partial charge in [0.25, 0.3) is 11.6 Å². The van der Waals surface area contributed by atoms with E-state index in [1.165, 1.54) is 35.0 Å². The first-order valence-electron chi connectivity index (χ1n) is 8.83. The maximum atomic E-state index is 13.6. The summed E-state index contributed by atoms with van der Waals surface area (Å²) in [6.07, 6.45) is -4.66. The van der Waals surface area contributed by atoms with Gasteiger partial charge in [0, 0.05) is 18.3 Å². The Kier molecular flexibility index (Phi) is 5.59. The number of alkyl halides is 3. The second-order valence-corrected chi connectivity index (χ2v) is 6.64. The Morgan fingerprint density at radius 1 is 1.17 bits per heavy atom. The first-order valence-corrected chi connectivity index (χ1v) is 8.83. The standard InChI is InChI=1S/C20H17F3N4O3/c1-12-9-13(2)26(25-12)15-8-7-14(17(10-15)20(21,22)23)11-24-19(28)16-5-3-4-6-18(16)27(29)30/h3-10H,11H2,1-2H3,(H,24,28). The molecule has 7 nitrogen and oxygen atoms in total. The molecule has 0 fully saturated rings. The van der Waals surface area contributed by atoms with Crippen molar-refractivity contribution in [3.63, 3.8) is 0 Å². The predicted octanol–water partition coefficient (Wildman–Crippen LogP) is 4.35. The highest BCUT2D eigenvalue weighted by Gasteiger charge is 2.34. The Labute approximate surface area is 169 Å². The fraction of sp³-hybridized carbons (Fsp3) is 0.200. The summed E-state index contributed by atoms with van der Waals surface area (Å²) in [6.45, 7) is 3.02. The Morgan fingerprint density at radius 3 is 2.47 bits per heavy atom. The first-order chi connectivity index (χ1) is 14.1. The molecule has 1 amide bonds. The van der Waals surface area contributed by atoms with Gasteiger partial charge in [-0.1, -0.05) is 18.2 Å². The van der Waals surface area contributed by atoms with Gasteiger partial charge in [0.15, 0.2) is 0 Å². The number of para-hydroxylation sites is 1. The number of halogens is 3. The third-order valence-corrected chi connectivity index (χ3v) is 4.44. The number of nitrogens with zero attached hydrogens (tertiary/aromatic N) is 3. The molecule has 156 valence electrons. The van der Waals surface area contributed by atoms with Crippen molar-refractivity contribution >= 4 is 11.6 Å². The number of aromatic nitrogens is 2. The molecule has 1 heterocycles. The lowest BCUT2D eigenvalue weighted by molar-refractivity contribution is -0.385. The van der Waals surface area contributed by atoms with Crippen LogP contribution in [0.3, 0.4) is 0 Å². The van der Waals surface area contributed by atoms with Crippen LogP contribution < -0.4 is 5.32 Å². The van der Waals surface area contributed by atoms with Gasteiger partial charge in [-0.2, -0.15) is 18.3 Å². The number of rotatable bonds is 5. The molecule has 0 unspecified atom stereocenters. The van der Waals surface area contributed by atoms with Crippen LogP contribution in [-0.4, -0.2) is 20.6 Å². The van der Waals surface area contributed by atoms with Crippen LogP contribution in [0.2, 0.25) is 0 Å². The zero-order valence-electron chi connectivity index (χ0n) is 16.0. The van der Waals surface area contributed by atoms with E-state index in [1.54, 1.807) is 19.9 Å². The maximum Gasteiger partial charge on any atom is 0.416 e. The zero-order valence-corrected chi connectivity index (χ0v) is 16.0. The van der Waals surface area contributed by atoms with Crippen molar-refractivity contribution in [2.75, 3.05) is 0 Å². The lowest BCUT2D eigenvalue weighted by Crippen LogP contribution is -2.25. The van der Waals surface area contributed by atoms with E-state index in [0.717, 1.165) is 12.1 Å². The summed E-state index contributed by atoms with van der Waals surface area (Å²) < 4.78 is 42.3. The number of aryl methyl sites for hydroxylation is 2. The highest BCUT2D eigenvalue weighted by atomic mass is 19.4. The number of nitro benzene ring substituents is 1. The molecule has 0 spiro atoms. The number of hydrogen-bond acceptors (Lipinski definition) is 4. The van der Waals surface area contributed by atoms with E-state index in [1.807, 2.05) is 0 Å². The molecule has 0 radical (unpaired) electrons. The van der Waals surface area contributed by atoms with Crippen LogP contribution >= 0.6 is 0 Å². The molecule has 1 aromatic heterocycles. The summed E-state index contributed by atoms with van der Waals surface area (Å²) in [6, 6.07) is 10.7. The molecule has 2 aromatic carbocycles. The minimum atomic E-state index is -4.66.